The van der Waals surface area contributed by atoms with Crippen molar-refractivity contribution in [1.29, 1.82) is 0 Å². The summed E-state index contributed by atoms with van der Waals surface area (Å²) < 4.78 is 6.41. The number of para-hydroxylation sites is 1. The van der Waals surface area contributed by atoms with Crippen LogP contribution in [0, 0.1) is 0 Å². The van der Waals surface area contributed by atoms with E-state index >= 15 is 0 Å². The zero-order chi connectivity index (χ0) is 36.8. The minimum absolute atomic E-state index is 0.0641. The standard InChI is InChI=1S/C54H38O/c1-53(2)45-19-11-9-13-34(45)35-24-22-33(29-47(35)53)51-39-17-7-5-15-37(39)50(38-16-6-8-18-40(38)51)32-23-26-46-43(28-32)41-25-21-31-27-44-36-14-10-12-20-48(36)55-49(44)30-42(31)52(41)54(46,3)4/h5-30H,1-4H3. The number of hydrogen-bond acceptors (Lipinski definition) is 1. The Bertz CT molecular complexity index is 3260. The van der Waals surface area contributed by atoms with Crippen LogP contribution in [-0.4, -0.2) is 0 Å². The molecule has 0 unspecified atom stereocenters. The van der Waals surface area contributed by atoms with Crippen LogP contribution in [0.3, 0.4) is 0 Å². The van der Waals surface area contributed by atoms with Gasteiger partial charge in [-0.1, -0.05) is 155 Å². The molecule has 2 aliphatic rings. The van der Waals surface area contributed by atoms with Gasteiger partial charge < -0.3 is 4.42 Å². The maximum absolute atomic E-state index is 6.41. The molecule has 9 aromatic carbocycles. The molecule has 0 atom stereocenters. The molecule has 55 heavy (non-hydrogen) atoms. The van der Waals surface area contributed by atoms with E-state index in [9.17, 15) is 0 Å². The number of fused-ring (bicyclic) bond motifs is 13. The second-order valence-corrected chi connectivity index (χ2v) is 16.8. The summed E-state index contributed by atoms with van der Waals surface area (Å²) in [4.78, 5) is 0. The first-order valence-corrected chi connectivity index (χ1v) is 19.5. The fraction of sp³-hybridized carbons (Fsp3) is 0.111. The predicted octanol–water partition coefficient (Wildman–Crippen LogP) is 15.0. The van der Waals surface area contributed by atoms with Crippen LogP contribution in [-0.2, 0) is 10.8 Å². The van der Waals surface area contributed by atoms with Crippen molar-refractivity contribution in [1.82, 2.24) is 0 Å². The Morgan fingerprint density at radius 2 is 0.909 bits per heavy atom. The number of rotatable bonds is 2. The second kappa shape index (κ2) is 10.6. The third kappa shape index (κ3) is 4.03. The van der Waals surface area contributed by atoms with E-state index in [0.717, 1.165) is 11.2 Å². The van der Waals surface area contributed by atoms with Gasteiger partial charge in [0.1, 0.15) is 11.2 Å². The van der Waals surface area contributed by atoms with Gasteiger partial charge in [-0.2, -0.15) is 0 Å². The lowest BCUT2D eigenvalue weighted by Crippen LogP contribution is -2.15. The van der Waals surface area contributed by atoms with Gasteiger partial charge in [-0.3, -0.25) is 0 Å². The average Bonchev–Trinajstić information content (AvgIpc) is 3.77. The molecule has 0 bridgehead atoms. The molecular formula is C54H38O. The number of hydrogen-bond donors (Lipinski definition) is 0. The molecule has 0 saturated carbocycles. The van der Waals surface area contributed by atoms with Crippen LogP contribution in [0.2, 0.25) is 0 Å². The molecule has 260 valence electrons. The van der Waals surface area contributed by atoms with E-state index in [1.807, 2.05) is 6.07 Å². The maximum atomic E-state index is 6.41. The Hall–Kier alpha value is -6.44. The molecular weight excluding hydrogens is 665 g/mol. The minimum Gasteiger partial charge on any atom is -0.456 e. The van der Waals surface area contributed by atoms with Crippen molar-refractivity contribution < 1.29 is 4.42 Å². The van der Waals surface area contributed by atoms with Gasteiger partial charge in [-0.15, -0.1) is 0 Å². The molecule has 12 rings (SSSR count). The molecule has 0 saturated heterocycles. The Morgan fingerprint density at radius 1 is 0.345 bits per heavy atom. The van der Waals surface area contributed by atoms with Gasteiger partial charge in [-0.25, -0.2) is 0 Å². The highest BCUT2D eigenvalue weighted by atomic mass is 16.3. The highest BCUT2D eigenvalue weighted by Crippen LogP contribution is 2.55. The summed E-state index contributed by atoms with van der Waals surface area (Å²) in [6, 6.07) is 59.1. The SMILES string of the molecule is CC1(C)c2ccccc2-c2ccc(-c3c4ccccc4c(-c4ccc5c(c4)-c4ccc6cc7c(cc6c4C5(C)C)oc4ccccc47)c4ccccc34)cc21. The van der Waals surface area contributed by atoms with E-state index in [1.165, 1.54) is 110 Å². The third-order valence-electron chi connectivity index (χ3n) is 13.2. The monoisotopic (exact) mass is 702 g/mol. The maximum Gasteiger partial charge on any atom is 0.136 e. The van der Waals surface area contributed by atoms with Crippen LogP contribution in [0.15, 0.2) is 162 Å². The Balaban J connectivity index is 1.07. The number of benzene rings is 9. The topological polar surface area (TPSA) is 13.1 Å². The summed E-state index contributed by atoms with van der Waals surface area (Å²) in [6.07, 6.45) is 0. The predicted molar refractivity (Wildman–Crippen MR) is 232 cm³/mol. The summed E-state index contributed by atoms with van der Waals surface area (Å²) in [7, 11) is 0. The lowest BCUT2D eigenvalue weighted by atomic mass is 9.79. The van der Waals surface area contributed by atoms with Crippen molar-refractivity contribution in [3.63, 3.8) is 0 Å². The van der Waals surface area contributed by atoms with Gasteiger partial charge in [0, 0.05) is 21.6 Å². The van der Waals surface area contributed by atoms with Crippen molar-refractivity contribution in [3.05, 3.63) is 180 Å². The molecule has 10 aromatic rings. The largest absolute Gasteiger partial charge is 0.456 e. The van der Waals surface area contributed by atoms with Gasteiger partial charge in [0.2, 0.25) is 0 Å². The van der Waals surface area contributed by atoms with E-state index in [0.29, 0.717) is 0 Å². The van der Waals surface area contributed by atoms with Crippen LogP contribution < -0.4 is 0 Å². The van der Waals surface area contributed by atoms with Gasteiger partial charge >= 0.3 is 0 Å². The first kappa shape index (κ1) is 31.0. The van der Waals surface area contributed by atoms with Crippen LogP contribution in [0.25, 0.3) is 98.8 Å². The van der Waals surface area contributed by atoms with E-state index in [1.54, 1.807) is 0 Å². The minimum atomic E-state index is -0.169. The quantitative estimate of drug-likeness (QED) is 0.163. The second-order valence-electron chi connectivity index (χ2n) is 16.8. The van der Waals surface area contributed by atoms with Gasteiger partial charge in [0.05, 0.1) is 0 Å². The third-order valence-corrected chi connectivity index (χ3v) is 13.2. The van der Waals surface area contributed by atoms with Crippen molar-refractivity contribution >= 4 is 54.3 Å². The lowest BCUT2D eigenvalue weighted by Gasteiger charge is -2.24. The van der Waals surface area contributed by atoms with E-state index in [4.69, 9.17) is 4.42 Å². The molecule has 0 aliphatic heterocycles. The zero-order valence-electron chi connectivity index (χ0n) is 31.4. The average molecular weight is 703 g/mol. The summed E-state index contributed by atoms with van der Waals surface area (Å²) in [6.45, 7) is 9.51. The van der Waals surface area contributed by atoms with Crippen molar-refractivity contribution in [2.75, 3.05) is 0 Å². The summed E-state index contributed by atoms with van der Waals surface area (Å²) >= 11 is 0. The van der Waals surface area contributed by atoms with Crippen LogP contribution in [0.5, 0.6) is 0 Å². The fourth-order valence-corrected chi connectivity index (χ4v) is 10.7. The Kier molecular flexibility index (Phi) is 5.98. The zero-order valence-corrected chi connectivity index (χ0v) is 31.4. The Labute approximate surface area is 320 Å². The van der Waals surface area contributed by atoms with Crippen molar-refractivity contribution in [2.45, 2.75) is 38.5 Å². The Morgan fingerprint density at radius 3 is 1.64 bits per heavy atom. The smallest absolute Gasteiger partial charge is 0.136 e. The molecule has 0 spiro atoms. The van der Waals surface area contributed by atoms with Gasteiger partial charge in [-0.05, 0) is 129 Å². The molecule has 1 nitrogen and oxygen atoms in total. The van der Waals surface area contributed by atoms with Crippen LogP contribution in [0.1, 0.15) is 49.9 Å². The van der Waals surface area contributed by atoms with Crippen LogP contribution in [0.4, 0.5) is 0 Å². The summed E-state index contributed by atoms with van der Waals surface area (Å²) in [5.74, 6) is 0. The molecule has 1 heteroatoms. The highest BCUT2D eigenvalue weighted by Gasteiger charge is 2.38. The molecule has 0 N–H and O–H groups in total. The molecule has 1 aromatic heterocycles. The highest BCUT2D eigenvalue weighted by molar-refractivity contribution is 6.22. The molecule has 2 aliphatic carbocycles. The van der Waals surface area contributed by atoms with Crippen molar-refractivity contribution in [3.8, 4) is 44.5 Å². The normalized spacial score (nSPS) is 14.8. The molecule has 0 fully saturated rings. The summed E-state index contributed by atoms with van der Waals surface area (Å²) in [5, 5.41) is 10.00. The summed E-state index contributed by atoms with van der Waals surface area (Å²) in [5.41, 5.74) is 17.7. The van der Waals surface area contributed by atoms with E-state index in [2.05, 4.69) is 179 Å². The molecule has 1 heterocycles. The molecule has 0 amide bonds. The van der Waals surface area contributed by atoms with Gasteiger partial charge in [0.15, 0.2) is 0 Å². The molecule has 0 radical (unpaired) electrons. The van der Waals surface area contributed by atoms with E-state index in [-0.39, 0.29) is 10.8 Å². The first-order chi connectivity index (χ1) is 26.8. The van der Waals surface area contributed by atoms with Gasteiger partial charge in [0.25, 0.3) is 0 Å². The van der Waals surface area contributed by atoms with E-state index < -0.39 is 0 Å². The van der Waals surface area contributed by atoms with Crippen LogP contribution >= 0.6 is 0 Å². The lowest BCUT2D eigenvalue weighted by molar-refractivity contribution is 0.660. The number of furan rings is 1. The first-order valence-electron chi connectivity index (χ1n) is 19.5. The van der Waals surface area contributed by atoms with Crippen molar-refractivity contribution in [2.24, 2.45) is 0 Å². The fourth-order valence-electron chi connectivity index (χ4n) is 10.7.